The number of carboxylic acids is 1. The molecule has 1 aliphatic heterocycles. The van der Waals surface area contributed by atoms with E-state index in [0.717, 1.165) is 17.5 Å². The molecule has 0 radical (unpaired) electrons. The van der Waals surface area contributed by atoms with Crippen LogP contribution in [0.1, 0.15) is 51.0 Å². The van der Waals surface area contributed by atoms with Gasteiger partial charge in [0, 0.05) is 11.6 Å². The summed E-state index contributed by atoms with van der Waals surface area (Å²) in [6.45, 7) is 1.49. The maximum absolute atomic E-state index is 13.3. The van der Waals surface area contributed by atoms with E-state index in [-0.39, 0.29) is 29.0 Å². The SMILES string of the molecule is Cc1cc2c(cc1C(F)(F)F)NC(c1ccc(C(=O)O)cc1)C1CC=CC21. The van der Waals surface area contributed by atoms with Gasteiger partial charge in [-0.05, 0) is 54.2 Å². The number of anilines is 1. The molecule has 2 aliphatic rings. The van der Waals surface area contributed by atoms with Gasteiger partial charge in [0.2, 0.25) is 0 Å². The van der Waals surface area contributed by atoms with Crippen molar-refractivity contribution >= 4 is 11.7 Å². The van der Waals surface area contributed by atoms with Crippen molar-refractivity contribution in [3.63, 3.8) is 0 Å². The van der Waals surface area contributed by atoms with Crippen molar-refractivity contribution in [3.8, 4) is 0 Å². The summed E-state index contributed by atoms with van der Waals surface area (Å²) >= 11 is 0. The van der Waals surface area contributed by atoms with Crippen LogP contribution in [-0.2, 0) is 6.18 Å². The van der Waals surface area contributed by atoms with Crippen LogP contribution in [0.3, 0.4) is 0 Å². The predicted octanol–water partition coefficient (Wildman–Crippen LogP) is 5.54. The largest absolute Gasteiger partial charge is 0.478 e. The lowest BCUT2D eigenvalue weighted by Crippen LogP contribution is -2.29. The number of aromatic carboxylic acids is 1. The maximum atomic E-state index is 13.3. The van der Waals surface area contributed by atoms with E-state index in [1.807, 2.05) is 0 Å². The number of aryl methyl sites for hydroxylation is 1. The Labute approximate surface area is 154 Å². The Kier molecular flexibility index (Phi) is 4.02. The first-order chi connectivity index (χ1) is 12.8. The highest BCUT2D eigenvalue weighted by Crippen LogP contribution is 2.51. The van der Waals surface area contributed by atoms with Gasteiger partial charge < -0.3 is 10.4 Å². The minimum atomic E-state index is -4.40. The molecule has 0 aromatic heterocycles. The van der Waals surface area contributed by atoms with Gasteiger partial charge in [-0.15, -0.1) is 0 Å². The average Bonchev–Trinajstić information content (AvgIpc) is 3.10. The summed E-state index contributed by atoms with van der Waals surface area (Å²) in [6.07, 6.45) is 0.553. The first-order valence-corrected chi connectivity index (χ1v) is 8.74. The number of halogens is 3. The van der Waals surface area contributed by atoms with Crippen LogP contribution < -0.4 is 5.32 Å². The quantitative estimate of drug-likeness (QED) is 0.680. The molecule has 2 aromatic rings. The van der Waals surface area contributed by atoms with E-state index in [1.165, 1.54) is 25.1 Å². The Bertz CT molecular complexity index is 932. The van der Waals surface area contributed by atoms with Gasteiger partial charge in [0.15, 0.2) is 0 Å². The lowest BCUT2D eigenvalue weighted by molar-refractivity contribution is -0.138. The summed E-state index contributed by atoms with van der Waals surface area (Å²) < 4.78 is 40.0. The second-order valence-corrected chi connectivity index (χ2v) is 7.15. The van der Waals surface area contributed by atoms with Crippen LogP contribution in [0.25, 0.3) is 0 Å². The van der Waals surface area contributed by atoms with E-state index < -0.39 is 17.7 Å². The average molecular weight is 373 g/mol. The molecule has 0 bridgehead atoms. The van der Waals surface area contributed by atoms with E-state index >= 15 is 0 Å². The molecule has 4 rings (SSSR count). The normalized spacial score (nSPS) is 23.5. The minimum Gasteiger partial charge on any atom is -0.478 e. The van der Waals surface area contributed by atoms with Gasteiger partial charge in [-0.1, -0.05) is 30.4 Å². The standard InChI is InChI=1S/C21H18F3NO2/c1-11-9-16-14-3-2-4-15(14)19(12-5-7-13(8-6-12)20(26)27)25-18(16)10-17(11)21(22,23)24/h2-3,5-10,14-15,19,25H,4H2,1H3,(H,26,27). The topological polar surface area (TPSA) is 49.3 Å². The van der Waals surface area contributed by atoms with Crippen LogP contribution in [0.5, 0.6) is 0 Å². The van der Waals surface area contributed by atoms with Crippen molar-refractivity contribution in [3.05, 3.63) is 76.4 Å². The number of carboxylic acid groups (broad SMARTS) is 1. The number of rotatable bonds is 2. The van der Waals surface area contributed by atoms with Crippen LogP contribution in [0.4, 0.5) is 18.9 Å². The molecule has 6 heteroatoms. The molecule has 3 unspecified atom stereocenters. The lowest BCUT2D eigenvalue weighted by Gasteiger charge is -2.38. The molecule has 3 atom stereocenters. The summed E-state index contributed by atoms with van der Waals surface area (Å²) in [5, 5.41) is 12.4. The zero-order chi connectivity index (χ0) is 19.3. The van der Waals surface area contributed by atoms with Gasteiger partial charge in [-0.25, -0.2) is 4.79 Å². The Hall–Kier alpha value is -2.76. The molecule has 0 spiro atoms. The van der Waals surface area contributed by atoms with E-state index in [2.05, 4.69) is 17.5 Å². The predicted molar refractivity (Wildman–Crippen MR) is 95.9 cm³/mol. The first kappa shape index (κ1) is 17.6. The summed E-state index contributed by atoms with van der Waals surface area (Å²) in [5.41, 5.74) is 2.04. The van der Waals surface area contributed by atoms with Crippen molar-refractivity contribution in [2.75, 3.05) is 5.32 Å². The zero-order valence-corrected chi connectivity index (χ0v) is 14.5. The van der Waals surface area contributed by atoms with Crippen LogP contribution in [-0.4, -0.2) is 11.1 Å². The number of allylic oxidation sites excluding steroid dienone is 2. The van der Waals surface area contributed by atoms with Crippen LogP contribution >= 0.6 is 0 Å². The van der Waals surface area contributed by atoms with Gasteiger partial charge in [0.1, 0.15) is 0 Å². The molecule has 0 saturated carbocycles. The molecule has 3 nitrogen and oxygen atoms in total. The number of carbonyl (C=O) groups is 1. The van der Waals surface area contributed by atoms with Crippen LogP contribution in [0.15, 0.2) is 48.6 Å². The van der Waals surface area contributed by atoms with Crippen molar-refractivity contribution in [1.82, 2.24) is 0 Å². The van der Waals surface area contributed by atoms with Crippen LogP contribution in [0.2, 0.25) is 0 Å². The van der Waals surface area contributed by atoms with Crippen LogP contribution in [0, 0.1) is 12.8 Å². The molecule has 0 fully saturated rings. The van der Waals surface area contributed by atoms with Crippen molar-refractivity contribution < 1.29 is 23.1 Å². The van der Waals surface area contributed by atoms with Gasteiger partial charge in [-0.2, -0.15) is 13.2 Å². The molecular formula is C21H18F3NO2. The molecular weight excluding hydrogens is 355 g/mol. The third-order valence-electron chi connectivity index (χ3n) is 5.53. The van der Waals surface area contributed by atoms with Crippen molar-refractivity contribution in [2.24, 2.45) is 5.92 Å². The number of hydrogen-bond donors (Lipinski definition) is 2. The van der Waals surface area contributed by atoms with E-state index in [0.29, 0.717) is 5.69 Å². The lowest BCUT2D eigenvalue weighted by atomic mass is 9.76. The second kappa shape index (κ2) is 6.15. The first-order valence-electron chi connectivity index (χ1n) is 8.74. The van der Waals surface area contributed by atoms with Gasteiger partial charge in [0.25, 0.3) is 0 Å². The smallest absolute Gasteiger partial charge is 0.416 e. The highest BCUT2D eigenvalue weighted by molar-refractivity contribution is 5.87. The van der Waals surface area contributed by atoms with E-state index in [1.54, 1.807) is 18.2 Å². The zero-order valence-electron chi connectivity index (χ0n) is 14.5. The van der Waals surface area contributed by atoms with E-state index in [4.69, 9.17) is 5.11 Å². The number of fused-ring (bicyclic) bond motifs is 3. The van der Waals surface area contributed by atoms with Gasteiger partial charge >= 0.3 is 12.1 Å². The highest BCUT2D eigenvalue weighted by Gasteiger charge is 2.40. The Morgan fingerprint density at radius 3 is 2.52 bits per heavy atom. The minimum absolute atomic E-state index is 0.0476. The maximum Gasteiger partial charge on any atom is 0.416 e. The monoisotopic (exact) mass is 373 g/mol. The Morgan fingerprint density at radius 1 is 1.19 bits per heavy atom. The summed E-state index contributed by atoms with van der Waals surface area (Å²) in [6, 6.07) is 9.20. The van der Waals surface area contributed by atoms with Gasteiger partial charge in [-0.3, -0.25) is 0 Å². The molecule has 27 heavy (non-hydrogen) atoms. The van der Waals surface area contributed by atoms with Gasteiger partial charge in [0.05, 0.1) is 17.2 Å². The van der Waals surface area contributed by atoms with Crippen molar-refractivity contribution in [2.45, 2.75) is 31.5 Å². The summed E-state index contributed by atoms with van der Waals surface area (Å²) in [7, 11) is 0. The summed E-state index contributed by atoms with van der Waals surface area (Å²) in [4.78, 5) is 11.1. The number of alkyl halides is 3. The molecule has 1 heterocycles. The molecule has 1 aliphatic carbocycles. The number of benzene rings is 2. The third-order valence-corrected chi connectivity index (χ3v) is 5.53. The molecule has 2 N–H and O–H groups in total. The van der Waals surface area contributed by atoms with E-state index in [9.17, 15) is 18.0 Å². The fraction of sp³-hybridized carbons (Fsp3) is 0.286. The molecule has 2 aromatic carbocycles. The molecule has 140 valence electrons. The fourth-order valence-electron chi connectivity index (χ4n) is 4.22. The fourth-order valence-corrected chi connectivity index (χ4v) is 4.22. The Morgan fingerprint density at radius 2 is 1.89 bits per heavy atom. The molecule has 0 amide bonds. The number of nitrogens with one attached hydrogen (secondary N) is 1. The van der Waals surface area contributed by atoms with Crippen molar-refractivity contribution in [1.29, 1.82) is 0 Å². The number of hydrogen-bond acceptors (Lipinski definition) is 2. The third kappa shape index (κ3) is 2.99. The highest BCUT2D eigenvalue weighted by atomic mass is 19.4. The summed E-state index contributed by atoms with van der Waals surface area (Å²) in [5.74, 6) is -0.773. The Balaban J connectivity index is 1.77. The second-order valence-electron chi connectivity index (χ2n) is 7.15. The molecule has 0 saturated heterocycles.